The Bertz CT molecular complexity index is 1560. The average Bonchev–Trinajstić information content (AvgIpc) is 3.60. The molecular weight excluding hydrogens is 454 g/mol. The zero-order chi connectivity index (χ0) is 22.9. The highest BCUT2D eigenvalue weighted by atomic mass is 32.1. The van der Waals surface area contributed by atoms with E-state index in [1.807, 2.05) is 85.0 Å². The van der Waals surface area contributed by atoms with Crippen LogP contribution in [0, 0.1) is 13.8 Å². The smallest absolute Gasteiger partial charge is 0.297 e. The first-order valence-corrected chi connectivity index (χ1v) is 12.0. The van der Waals surface area contributed by atoms with Crippen molar-refractivity contribution in [1.82, 2.24) is 14.0 Å². The summed E-state index contributed by atoms with van der Waals surface area (Å²) < 4.78 is 10.8. The minimum Gasteiger partial charge on any atom is -0.463 e. The minimum atomic E-state index is -0.182. The lowest BCUT2D eigenvalue weighted by Crippen LogP contribution is -2.19. The standard InChI is InChI=1S/C24H21N5O2S2/c1-16-11-13-32-21(16)14-25-28-19(20-10-7-12-31-20)15-33-24(28)26-22-17(2)27(3)29(23(22)30)18-8-5-4-6-9-18/h4-15H,1-3H3. The van der Waals surface area contributed by atoms with Crippen molar-refractivity contribution in [1.29, 1.82) is 0 Å². The van der Waals surface area contributed by atoms with Crippen LogP contribution in [0.4, 0.5) is 5.69 Å². The van der Waals surface area contributed by atoms with Gasteiger partial charge < -0.3 is 4.42 Å². The topological polar surface area (TPSA) is 69.7 Å². The predicted molar refractivity (Wildman–Crippen MR) is 133 cm³/mol. The number of thiazole rings is 1. The lowest BCUT2D eigenvalue weighted by Gasteiger charge is -2.07. The van der Waals surface area contributed by atoms with Crippen molar-refractivity contribution in [3.8, 4) is 17.1 Å². The molecule has 0 N–H and O–H groups in total. The number of benzene rings is 1. The first-order chi connectivity index (χ1) is 16.0. The average molecular weight is 476 g/mol. The molecule has 0 saturated heterocycles. The first-order valence-electron chi connectivity index (χ1n) is 10.3. The second-order valence-corrected chi connectivity index (χ2v) is 9.21. The maximum Gasteiger partial charge on any atom is 0.297 e. The van der Waals surface area contributed by atoms with E-state index in [-0.39, 0.29) is 5.56 Å². The van der Waals surface area contributed by atoms with Crippen LogP contribution in [0.5, 0.6) is 0 Å². The van der Waals surface area contributed by atoms with E-state index in [4.69, 9.17) is 14.5 Å². The fraction of sp³-hybridized carbons (Fsp3) is 0.125. The summed E-state index contributed by atoms with van der Waals surface area (Å²) in [5.41, 5.74) is 3.68. The predicted octanol–water partition coefficient (Wildman–Crippen LogP) is 5.09. The van der Waals surface area contributed by atoms with E-state index in [9.17, 15) is 4.79 Å². The van der Waals surface area contributed by atoms with Crippen molar-refractivity contribution in [2.24, 2.45) is 17.1 Å². The Kier molecular flexibility index (Phi) is 5.57. The summed E-state index contributed by atoms with van der Waals surface area (Å²) >= 11 is 3.03. The number of furan rings is 1. The zero-order valence-electron chi connectivity index (χ0n) is 18.3. The highest BCUT2D eigenvalue weighted by molar-refractivity contribution is 7.11. The molecule has 0 fully saturated rings. The van der Waals surface area contributed by atoms with Crippen molar-refractivity contribution in [2.45, 2.75) is 13.8 Å². The quantitative estimate of drug-likeness (QED) is 0.332. The van der Waals surface area contributed by atoms with E-state index in [2.05, 4.69) is 6.07 Å². The Labute approximate surface area is 197 Å². The largest absolute Gasteiger partial charge is 0.463 e. The van der Waals surface area contributed by atoms with Gasteiger partial charge in [0, 0.05) is 12.4 Å². The van der Waals surface area contributed by atoms with Crippen molar-refractivity contribution in [3.05, 3.63) is 96.8 Å². The van der Waals surface area contributed by atoms with Gasteiger partial charge >= 0.3 is 0 Å². The molecule has 5 rings (SSSR count). The maximum absolute atomic E-state index is 13.3. The third-order valence-electron chi connectivity index (χ3n) is 5.38. The molecule has 0 atom stereocenters. The van der Waals surface area contributed by atoms with Crippen LogP contribution in [0.25, 0.3) is 17.1 Å². The molecular formula is C24H21N5O2S2. The van der Waals surface area contributed by atoms with E-state index in [1.54, 1.807) is 27.0 Å². The van der Waals surface area contributed by atoms with Crippen molar-refractivity contribution >= 4 is 34.6 Å². The van der Waals surface area contributed by atoms with Crippen LogP contribution < -0.4 is 10.4 Å². The van der Waals surface area contributed by atoms with E-state index >= 15 is 0 Å². The number of rotatable bonds is 5. The number of aryl methyl sites for hydroxylation is 1. The Morgan fingerprint density at radius 1 is 1.03 bits per heavy atom. The molecule has 0 saturated carbocycles. The van der Waals surface area contributed by atoms with Crippen LogP contribution in [0.3, 0.4) is 0 Å². The number of aromatic nitrogens is 3. The SMILES string of the molecule is Cc1ccsc1C=Nn1c(-c2ccco2)csc1=Nc1c(C)n(C)n(-c2ccccc2)c1=O. The molecule has 9 heteroatoms. The van der Waals surface area contributed by atoms with Crippen LogP contribution in [0.15, 0.2) is 84.9 Å². The molecule has 166 valence electrons. The van der Waals surface area contributed by atoms with Crippen LogP contribution in [-0.4, -0.2) is 20.3 Å². The van der Waals surface area contributed by atoms with Gasteiger partial charge in [-0.3, -0.25) is 9.48 Å². The van der Waals surface area contributed by atoms with Gasteiger partial charge in [-0.05, 0) is 55.1 Å². The van der Waals surface area contributed by atoms with Gasteiger partial charge in [0.15, 0.2) is 11.4 Å². The van der Waals surface area contributed by atoms with Crippen LogP contribution in [0.2, 0.25) is 0 Å². The summed E-state index contributed by atoms with van der Waals surface area (Å²) in [7, 11) is 1.86. The molecule has 0 aliphatic carbocycles. The third-order valence-corrected chi connectivity index (χ3v) is 7.15. The van der Waals surface area contributed by atoms with Gasteiger partial charge in [0.25, 0.3) is 5.56 Å². The van der Waals surface area contributed by atoms with E-state index in [0.29, 0.717) is 16.2 Å². The molecule has 1 aromatic carbocycles. The summed E-state index contributed by atoms with van der Waals surface area (Å²) in [5, 5.41) is 8.68. The molecule has 0 amide bonds. The Balaban J connectivity index is 1.69. The van der Waals surface area contributed by atoms with E-state index < -0.39 is 0 Å². The molecule has 0 unspecified atom stereocenters. The highest BCUT2D eigenvalue weighted by Crippen LogP contribution is 2.22. The van der Waals surface area contributed by atoms with E-state index in [1.165, 1.54) is 11.3 Å². The summed E-state index contributed by atoms with van der Waals surface area (Å²) in [4.78, 5) is 19.8. The van der Waals surface area contributed by atoms with Crippen LogP contribution in [0.1, 0.15) is 16.1 Å². The molecule has 0 aliphatic rings. The normalized spacial score (nSPS) is 12.3. The molecule has 0 aliphatic heterocycles. The fourth-order valence-electron chi connectivity index (χ4n) is 3.49. The van der Waals surface area contributed by atoms with Crippen LogP contribution >= 0.6 is 22.7 Å². The van der Waals surface area contributed by atoms with E-state index in [0.717, 1.165) is 27.5 Å². The Morgan fingerprint density at radius 2 is 1.85 bits per heavy atom. The number of hydrogen-bond acceptors (Lipinski definition) is 6. The zero-order valence-corrected chi connectivity index (χ0v) is 19.9. The minimum absolute atomic E-state index is 0.182. The first kappa shape index (κ1) is 21.2. The molecule has 0 radical (unpaired) electrons. The summed E-state index contributed by atoms with van der Waals surface area (Å²) in [6, 6.07) is 15.3. The maximum atomic E-state index is 13.3. The molecule has 33 heavy (non-hydrogen) atoms. The summed E-state index contributed by atoms with van der Waals surface area (Å²) in [5.74, 6) is 0.680. The van der Waals surface area contributed by atoms with Crippen molar-refractivity contribution in [2.75, 3.05) is 0 Å². The summed E-state index contributed by atoms with van der Waals surface area (Å²) in [6.07, 6.45) is 3.44. The molecule has 7 nitrogen and oxygen atoms in total. The van der Waals surface area contributed by atoms with Gasteiger partial charge in [-0.25, -0.2) is 14.4 Å². The van der Waals surface area contributed by atoms with Gasteiger partial charge in [0.1, 0.15) is 5.69 Å². The Hall–Kier alpha value is -3.69. The molecule has 0 spiro atoms. The molecule has 5 aromatic rings. The summed E-state index contributed by atoms with van der Waals surface area (Å²) in [6.45, 7) is 3.94. The second-order valence-electron chi connectivity index (χ2n) is 7.43. The van der Waals surface area contributed by atoms with Gasteiger partial charge in [-0.1, -0.05) is 18.2 Å². The lowest BCUT2D eigenvalue weighted by molar-refractivity contribution is 0.575. The van der Waals surface area contributed by atoms with Gasteiger partial charge in [-0.15, -0.1) is 22.7 Å². The van der Waals surface area contributed by atoms with Gasteiger partial charge in [0.05, 0.1) is 28.7 Å². The van der Waals surface area contributed by atoms with Crippen molar-refractivity contribution in [3.63, 3.8) is 0 Å². The number of hydrogen-bond donors (Lipinski definition) is 0. The number of thiophene rings is 1. The molecule has 0 bridgehead atoms. The van der Waals surface area contributed by atoms with Gasteiger partial charge in [0.2, 0.25) is 4.80 Å². The van der Waals surface area contributed by atoms with Gasteiger partial charge in [-0.2, -0.15) is 5.10 Å². The molecule has 4 aromatic heterocycles. The monoisotopic (exact) mass is 475 g/mol. The lowest BCUT2D eigenvalue weighted by atomic mass is 10.3. The number of para-hydroxylation sites is 1. The molecule has 4 heterocycles. The van der Waals surface area contributed by atoms with Crippen LogP contribution in [-0.2, 0) is 7.05 Å². The highest BCUT2D eigenvalue weighted by Gasteiger charge is 2.17. The third kappa shape index (κ3) is 3.85. The fourth-order valence-corrected chi connectivity index (χ4v) is 5.09. The van der Waals surface area contributed by atoms with Crippen molar-refractivity contribution < 1.29 is 4.42 Å². The second kappa shape index (κ2) is 8.68. The number of nitrogens with zero attached hydrogens (tertiary/aromatic N) is 5. The Morgan fingerprint density at radius 3 is 2.55 bits per heavy atom.